The topological polar surface area (TPSA) is 75.7 Å². The van der Waals surface area contributed by atoms with Gasteiger partial charge in [0.2, 0.25) is 5.91 Å². The molecule has 0 aromatic heterocycles. The second-order valence-corrected chi connectivity index (χ2v) is 10.3. The molecule has 3 rings (SSSR count). The number of anilines is 1. The Kier molecular flexibility index (Phi) is 8.79. The zero-order chi connectivity index (χ0) is 23.7. The van der Waals surface area contributed by atoms with Crippen molar-refractivity contribution < 1.29 is 17.9 Å². The maximum absolute atomic E-state index is 13.5. The summed E-state index contributed by atoms with van der Waals surface area (Å²) in [7, 11) is -3.98. The minimum atomic E-state index is -3.98. The summed E-state index contributed by atoms with van der Waals surface area (Å²) in [5.41, 5.74) is 1.52. The molecule has 0 spiro atoms. The lowest BCUT2D eigenvalue weighted by Crippen LogP contribution is -2.41. The van der Waals surface area contributed by atoms with Crippen LogP contribution < -0.4 is 14.4 Å². The van der Waals surface area contributed by atoms with Crippen molar-refractivity contribution in [1.82, 2.24) is 5.32 Å². The third-order valence-corrected chi connectivity index (χ3v) is 7.55. The van der Waals surface area contributed by atoms with Gasteiger partial charge >= 0.3 is 0 Å². The Morgan fingerprint density at radius 2 is 1.64 bits per heavy atom. The van der Waals surface area contributed by atoms with Crippen LogP contribution in [0.1, 0.15) is 12.5 Å². The van der Waals surface area contributed by atoms with E-state index in [9.17, 15) is 13.2 Å². The predicted octanol–water partition coefficient (Wildman–Crippen LogP) is 4.50. The van der Waals surface area contributed by atoms with Crippen molar-refractivity contribution in [2.45, 2.75) is 23.6 Å². The average molecular weight is 485 g/mol. The molecule has 0 aliphatic heterocycles. The Balaban J connectivity index is 1.74. The molecular weight excluding hydrogens is 456 g/mol. The molecule has 0 atom stereocenters. The molecule has 0 radical (unpaired) electrons. The van der Waals surface area contributed by atoms with Gasteiger partial charge in [-0.25, -0.2) is 8.42 Å². The first kappa shape index (κ1) is 24.7. The highest BCUT2D eigenvalue weighted by Crippen LogP contribution is 2.32. The van der Waals surface area contributed by atoms with Crippen LogP contribution in [-0.4, -0.2) is 39.8 Å². The zero-order valence-corrected chi connectivity index (χ0v) is 20.4. The number of carbonyl (C=O) groups excluding carboxylic acids is 1. The number of thioether (sulfide) groups is 1. The lowest BCUT2D eigenvalue weighted by atomic mass is 10.2. The number of carbonyl (C=O) groups is 1. The van der Waals surface area contributed by atoms with Crippen LogP contribution in [0.4, 0.5) is 5.69 Å². The smallest absolute Gasteiger partial charge is 0.264 e. The molecule has 1 N–H and O–H groups in total. The molecule has 0 saturated carbocycles. The highest BCUT2D eigenvalue weighted by atomic mass is 32.2. The Morgan fingerprint density at radius 1 is 0.970 bits per heavy atom. The van der Waals surface area contributed by atoms with E-state index in [1.807, 2.05) is 38.1 Å². The van der Waals surface area contributed by atoms with Gasteiger partial charge in [0.05, 0.1) is 17.2 Å². The second kappa shape index (κ2) is 11.8. The van der Waals surface area contributed by atoms with Crippen molar-refractivity contribution in [2.24, 2.45) is 0 Å². The first-order chi connectivity index (χ1) is 15.9. The molecule has 3 aromatic carbocycles. The molecule has 0 aliphatic rings. The first-order valence-electron chi connectivity index (χ1n) is 10.7. The largest absolute Gasteiger partial charge is 0.492 e. The molecule has 0 unspecified atom stereocenters. The normalized spacial score (nSPS) is 11.1. The van der Waals surface area contributed by atoms with Crippen LogP contribution in [0.3, 0.4) is 0 Å². The van der Waals surface area contributed by atoms with E-state index < -0.39 is 10.0 Å². The SMILES string of the molecule is CCOc1ccccc1N(CC(=O)NCCSc1ccc(C)cc1)S(=O)(=O)c1ccccc1. The van der Waals surface area contributed by atoms with E-state index in [0.29, 0.717) is 30.3 Å². The van der Waals surface area contributed by atoms with Crippen LogP contribution in [0.5, 0.6) is 5.75 Å². The van der Waals surface area contributed by atoms with E-state index in [0.717, 1.165) is 9.20 Å². The number of ether oxygens (including phenoxy) is 1. The summed E-state index contributed by atoms with van der Waals surface area (Å²) in [5, 5.41) is 2.83. The Labute approximate surface area is 200 Å². The molecule has 33 heavy (non-hydrogen) atoms. The van der Waals surface area contributed by atoms with Crippen LogP contribution in [0.25, 0.3) is 0 Å². The number of sulfonamides is 1. The minimum Gasteiger partial charge on any atom is -0.492 e. The fourth-order valence-corrected chi connectivity index (χ4v) is 5.36. The van der Waals surface area contributed by atoms with Gasteiger partial charge in [0, 0.05) is 17.2 Å². The van der Waals surface area contributed by atoms with Gasteiger partial charge in [0.15, 0.2) is 0 Å². The van der Waals surface area contributed by atoms with Crippen molar-refractivity contribution in [3.8, 4) is 5.75 Å². The lowest BCUT2D eigenvalue weighted by molar-refractivity contribution is -0.119. The van der Waals surface area contributed by atoms with Gasteiger partial charge in [-0.05, 0) is 50.2 Å². The second-order valence-electron chi connectivity index (χ2n) is 7.24. The monoisotopic (exact) mass is 484 g/mol. The van der Waals surface area contributed by atoms with Gasteiger partial charge in [-0.1, -0.05) is 48.0 Å². The highest BCUT2D eigenvalue weighted by molar-refractivity contribution is 7.99. The molecule has 3 aromatic rings. The van der Waals surface area contributed by atoms with Crippen molar-refractivity contribution in [3.05, 3.63) is 84.4 Å². The third-order valence-electron chi connectivity index (χ3n) is 4.77. The molecule has 0 fully saturated rings. The lowest BCUT2D eigenvalue weighted by Gasteiger charge is -2.26. The van der Waals surface area contributed by atoms with E-state index in [1.165, 1.54) is 17.7 Å². The Morgan fingerprint density at radius 3 is 2.33 bits per heavy atom. The van der Waals surface area contributed by atoms with E-state index in [1.54, 1.807) is 54.2 Å². The third kappa shape index (κ3) is 6.76. The molecule has 0 heterocycles. The van der Waals surface area contributed by atoms with Crippen LogP contribution in [-0.2, 0) is 14.8 Å². The average Bonchev–Trinajstić information content (AvgIpc) is 2.83. The summed E-state index contributed by atoms with van der Waals surface area (Å²) in [6.45, 7) is 4.30. The van der Waals surface area contributed by atoms with Crippen LogP contribution >= 0.6 is 11.8 Å². The molecule has 0 aliphatic carbocycles. The summed E-state index contributed by atoms with van der Waals surface area (Å²) in [6, 6.07) is 23.1. The maximum Gasteiger partial charge on any atom is 0.264 e. The highest BCUT2D eigenvalue weighted by Gasteiger charge is 2.29. The van der Waals surface area contributed by atoms with Gasteiger partial charge in [-0.3, -0.25) is 9.10 Å². The quantitative estimate of drug-likeness (QED) is 0.320. The predicted molar refractivity (Wildman–Crippen MR) is 133 cm³/mol. The number of benzene rings is 3. The molecule has 174 valence electrons. The fraction of sp³-hybridized carbons (Fsp3) is 0.240. The standard InChI is InChI=1S/C25H28N2O4S2/c1-3-31-24-12-8-7-11-23(24)27(33(29,30)22-9-5-4-6-10-22)19-25(28)26-17-18-32-21-15-13-20(2)14-16-21/h4-16H,3,17-19H2,1-2H3,(H,26,28). The molecule has 6 nitrogen and oxygen atoms in total. The van der Waals surface area contributed by atoms with Crippen LogP contribution in [0, 0.1) is 6.92 Å². The number of nitrogens with one attached hydrogen (secondary N) is 1. The summed E-state index contributed by atoms with van der Waals surface area (Å²) in [4.78, 5) is 14.0. The van der Waals surface area contributed by atoms with E-state index in [2.05, 4.69) is 5.32 Å². The fourth-order valence-electron chi connectivity index (χ4n) is 3.14. The van der Waals surface area contributed by atoms with Gasteiger partial charge in [0.1, 0.15) is 12.3 Å². The Bertz CT molecular complexity index is 1150. The molecule has 0 saturated heterocycles. The zero-order valence-electron chi connectivity index (χ0n) is 18.7. The van der Waals surface area contributed by atoms with Gasteiger partial charge in [-0.15, -0.1) is 11.8 Å². The first-order valence-corrected chi connectivity index (χ1v) is 13.1. The number of rotatable bonds is 11. The molecule has 1 amide bonds. The van der Waals surface area contributed by atoms with Crippen LogP contribution in [0.15, 0.2) is 88.7 Å². The van der Waals surface area contributed by atoms with Crippen molar-refractivity contribution in [3.63, 3.8) is 0 Å². The van der Waals surface area contributed by atoms with Crippen molar-refractivity contribution >= 4 is 33.4 Å². The van der Waals surface area contributed by atoms with E-state index in [-0.39, 0.29) is 17.3 Å². The molecule has 0 bridgehead atoms. The van der Waals surface area contributed by atoms with Crippen LogP contribution in [0.2, 0.25) is 0 Å². The minimum absolute atomic E-state index is 0.110. The van der Waals surface area contributed by atoms with Gasteiger partial charge in [-0.2, -0.15) is 0 Å². The number of amides is 1. The molecular formula is C25H28N2O4S2. The summed E-state index contributed by atoms with van der Waals surface area (Å²) < 4.78 is 33.7. The van der Waals surface area contributed by atoms with Gasteiger partial charge < -0.3 is 10.1 Å². The number of hydrogen-bond acceptors (Lipinski definition) is 5. The number of hydrogen-bond donors (Lipinski definition) is 1. The number of aryl methyl sites for hydroxylation is 1. The van der Waals surface area contributed by atoms with E-state index in [4.69, 9.17) is 4.74 Å². The summed E-state index contributed by atoms with van der Waals surface area (Å²) in [6.07, 6.45) is 0. The maximum atomic E-state index is 13.5. The number of nitrogens with zero attached hydrogens (tertiary/aromatic N) is 1. The van der Waals surface area contributed by atoms with E-state index >= 15 is 0 Å². The van der Waals surface area contributed by atoms with Crippen molar-refractivity contribution in [2.75, 3.05) is 29.8 Å². The molecule has 8 heteroatoms. The Hall–Kier alpha value is -2.97. The van der Waals surface area contributed by atoms with Gasteiger partial charge in [0.25, 0.3) is 10.0 Å². The summed E-state index contributed by atoms with van der Waals surface area (Å²) >= 11 is 1.63. The summed E-state index contributed by atoms with van der Waals surface area (Å²) in [5.74, 6) is 0.697. The number of para-hydroxylation sites is 2. The van der Waals surface area contributed by atoms with Crippen molar-refractivity contribution in [1.29, 1.82) is 0 Å².